The normalized spacial score (nSPS) is 14.3. The summed E-state index contributed by atoms with van der Waals surface area (Å²) in [4.78, 5) is 26.9. The molecule has 3 aromatic rings. The van der Waals surface area contributed by atoms with Gasteiger partial charge in [0.1, 0.15) is 12.4 Å². The summed E-state index contributed by atoms with van der Waals surface area (Å²) in [5, 5.41) is 9.11. The maximum atomic E-state index is 13.5. The molecule has 0 atom stereocenters. The van der Waals surface area contributed by atoms with E-state index in [4.69, 9.17) is 21.1 Å². The molecule has 1 fully saturated rings. The molecular weight excluding hydrogens is 503 g/mol. The summed E-state index contributed by atoms with van der Waals surface area (Å²) in [6.45, 7) is 2.23. The zero-order chi connectivity index (χ0) is 25.7. The molecule has 0 radical (unpaired) electrons. The Hall–Kier alpha value is -3.80. The number of hydrogen-bond donors (Lipinski definition) is 0. The van der Waals surface area contributed by atoms with E-state index in [0.717, 1.165) is 16.7 Å². The van der Waals surface area contributed by atoms with E-state index in [1.165, 1.54) is 12.1 Å². The van der Waals surface area contributed by atoms with Crippen molar-refractivity contribution < 1.29 is 23.5 Å². The van der Waals surface area contributed by atoms with Gasteiger partial charge < -0.3 is 9.47 Å². The van der Waals surface area contributed by atoms with Crippen LogP contribution in [0.2, 0.25) is 5.02 Å². The summed E-state index contributed by atoms with van der Waals surface area (Å²) in [6, 6.07) is 18.2. The van der Waals surface area contributed by atoms with Crippen molar-refractivity contribution in [3.63, 3.8) is 0 Å². The van der Waals surface area contributed by atoms with Gasteiger partial charge in [0.05, 0.1) is 34.7 Å². The minimum absolute atomic E-state index is 0.00352. The molecule has 4 rings (SSSR count). The van der Waals surface area contributed by atoms with Crippen molar-refractivity contribution in [3.05, 3.63) is 98.7 Å². The average molecular weight is 523 g/mol. The summed E-state index contributed by atoms with van der Waals surface area (Å²) < 4.78 is 25.0. The first-order valence-corrected chi connectivity index (χ1v) is 12.2. The first-order valence-electron chi connectivity index (χ1n) is 11.0. The summed E-state index contributed by atoms with van der Waals surface area (Å²) >= 11 is 7.29. The van der Waals surface area contributed by atoms with E-state index in [1.807, 2.05) is 0 Å². The number of nitriles is 1. The van der Waals surface area contributed by atoms with Gasteiger partial charge in [0.2, 0.25) is 0 Å². The molecule has 0 saturated carbocycles. The van der Waals surface area contributed by atoms with E-state index >= 15 is 0 Å². The molecule has 9 heteroatoms. The zero-order valence-electron chi connectivity index (χ0n) is 19.2. The largest absolute Gasteiger partial charge is 0.490 e. The minimum Gasteiger partial charge on any atom is -0.490 e. The number of amides is 2. The Bertz CT molecular complexity index is 1400. The fourth-order valence-corrected chi connectivity index (χ4v) is 4.69. The van der Waals surface area contributed by atoms with Gasteiger partial charge in [-0.05, 0) is 71.8 Å². The molecule has 1 heterocycles. The zero-order valence-corrected chi connectivity index (χ0v) is 20.7. The summed E-state index contributed by atoms with van der Waals surface area (Å²) in [5.41, 5.74) is 2.17. The molecule has 3 aromatic carbocycles. The van der Waals surface area contributed by atoms with Crippen LogP contribution in [0.3, 0.4) is 0 Å². The third-order valence-corrected chi connectivity index (χ3v) is 6.43. The molecule has 2 amide bonds. The number of benzene rings is 3. The predicted octanol–water partition coefficient (Wildman–Crippen LogP) is 6.56. The second-order valence-corrected chi connectivity index (χ2v) is 9.12. The highest BCUT2D eigenvalue weighted by atomic mass is 35.5. The van der Waals surface area contributed by atoms with Crippen LogP contribution in [-0.4, -0.2) is 22.7 Å². The highest BCUT2D eigenvalue weighted by Crippen LogP contribution is 2.40. The molecular formula is C27H20ClFN2O4S. The lowest BCUT2D eigenvalue weighted by molar-refractivity contribution is -0.123. The van der Waals surface area contributed by atoms with Crippen molar-refractivity contribution in [2.24, 2.45) is 0 Å². The molecule has 0 aliphatic carbocycles. The minimum atomic E-state index is -0.460. The molecule has 0 aromatic heterocycles. The van der Waals surface area contributed by atoms with E-state index in [2.05, 4.69) is 6.07 Å². The molecule has 0 bridgehead atoms. The van der Waals surface area contributed by atoms with Crippen molar-refractivity contribution in [1.29, 1.82) is 5.26 Å². The molecule has 182 valence electrons. The molecule has 0 N–H and O–H groups in total. The van der Waals surface area contributed by atoms with Gasteiger partial charge in [0.15, 0.2) is 11.5 Å². The standard InChI is InChI=1S/C27H20ClFN2O4S/c1-2-34-23-12-18(11-22(28)25(23)35-16-17-6-5-9-21(29)10-17)13-24-26(32)31(27(33)36-24)15-20-8-4-3-7-19(20)14-30/h3-13H,2,15-16H2,1H3/b24-13+. The molecule has 0 spiro atoms. The van der Waals surface area contributed by atoms with Crippen LogP contribution in [0, 0.1) is 17.1 Å². The Morgan fingerprint density at radius 3 is 2.67 bits per heavy atom. The van der Waals surface area contributed by atoms with E-state index in [0.29, 0.717) is 40.4 Å². The van der Waals surface area contributed by atoms with Crippen LogP contribution in [-0.2, 0) is 17.9 Å². The van der Waals surface area contributed by atoms with Crippen LogP contribution in [0.5, 0.6) is 11.5 Å². The van der Waals surface area contributed by atoms with Crippen LogP contribution in [0.25, 0.3) is 6.08 Å². The third-order valence-electron chi connectivity index (χ3n) is 5.24. The van der Waals surface area contributed by atoms with E-state index < -0.39 is 11.1 Å². The van der Waals surface area contributed by atoms with Gasteiger partial charge >= 0.3 is 0 Å². The van der Waals surface area contributed by atoms with Crippen molar-refractivity contribution in [2.45, 2.75) is 20.1 Å². The maximum Gasteiger partial charge on any atom is 0.293 e. The van der Waals surface area contributed by atoms with Crippen molar-refractivity contribution in [3.8, 4) is 17.6 Å². The SMILES string of the molecule is CCOc1cc(/C=C2/SC(=O)N(Cc3ccccc3C#N)C2=O)cc(Cl)c1OCc1cccc(F)c1. The lowest BCUT2D eigenvalue weighted by Crippen LogP contribution is -2.27. The number of nitrogens with zero attached hydrogens (tertiary/aromatic N) is 2. The fraction of sp³-hybridized carbons (Fsp3) is 0.148. The third kappa shape index (κ3) is 5.70. The average Bonchev–Trinajstić information content (AvgIpc) is 3.11. The molecule has 1 aliphatic heterocycles. The van der Waals surface area contributed by atoms with Gasteiger partial charge in [-0.1, -0.05) is 41.9 Å². The maximum absolute atomic E-state index is 13.5. The highest BCUT2D eigenvalue weighted by Gasteiger charge is 2.35. The van der Waals surface area contributed by atoms with E-state index in [1.54, 1.807) is 61.5 Å². The second kappa shape index (κ2) is 11.3. The molecule has 1 aliphatic rings. The van der Waals surface area contributed by atoms with Crippen LogP contribution in [0.4, 0.5) is 9.18 Å². The highest BCUT2D eigenvalue weighted by molar-refractivity contribution is 8.18. The molecule has 36 heavy (non-hydrogen) atoms. The van der Waals surface area contributed by atoms with Crippen LogP contribution in [0.1, 0.15) is 29.2 Å². The van der Waals surface area contributed by atoms with Crippen LogP contribution < -0.4 is 9.47 Å². The predicted molar refractivity (Wildman–Crippen MR) is 136 cm³/mol. The van der Waals surface area contributed by atoms with E-state index in [9.17, 15) is 19.2 Å². The Labute approximate surface area is 216 Å². The quantitative estimate of drug-likeness (QED) is 0.311. The van der Waals surface area contributed by atoms with Gasteiger partial charge in [0, 0.05) is 0 Å². The number of carbonyl (C=O) groups excluding carboxylic acids is 2. The number of thioether (sulfide) groups is 1. The number of imide groups is 1. The first-order chi connectivity index (χ1) is 17.4. The van der Waals surface area contributed by atoms with Crippen LogP contribution in [0.15, 0.2) is 65.6 Å². The Balaban J connectivity index is 1.57. The molecule has 6 nitrogen and oxygen atoms in total. The number of ether oxygens (including phenoxy) is 2. The van der Waals surface area contributed by atoms with Crippen molar-refractivity contribution >= 4 is 40.6 Å². The number of hydrogen-bond acceptors (Lipinski definition) is 6. The number of halogens is 2. The monoisotopic (exact) mass is 522 g/mol. The van der Waals surface area contributed by atoms with Gasteiger partial charge in [-0.3, -0.25) is 14.5 Å². The first kappa shape index (κ1) is 25.3. The lowest BCUT2D eigenvalue weighted by Gasteiger charge is -2.15. The van der Waals surface area contributed by atoms with Crippen LogP contribution >= 0.6 is 23.4 Å². The topological polar surface area (TPSA) is 79.6 Å². The molecule has 0 unspecified atom stereocenters. The van der Waals surface area contributed by atoms with Crippen molar-refractivity contribution in [1.82, 2.24) is 4.90 Å². The van der Waals surface area contributed by atoms with Gasteiger partial charge in [-0.2, -0.15) is 5.26 Å². The van der Waals surface area contributed by atoms with Gasteiger partial charge in [-0.15, -0.1) is 0 Å². The Kier molecular flexibility index (Phi) is 7.93. The van der Waals surface area contributed by atoms with Crippen molar-refractivity contribution in [2.75, 3.05) is 6.61 Å². The van der Waals surface area contributed by atoms with Gasteiger partial charge in [-0.25, -0.2) is 4.39 Å². The number of carbonyl (C=O) groups is 2. The number of rotatable bonds is 8. The summed E-state index contributed by atoms with van der Waals surface area (Å²) in [6.07, 6.45) is 1.56. The second-order valence-electron chi connectivity index (χ2n) is 7.72. The fourth-order valence-electron chi connectivity index (χ4n) is 3.58. The summed E-state index contributed by atoms with van der Waals surface area (Å²) in [7, 11) is 0. The summed E-state index contributed by atoms with van der Waals surface area (Å²) in [5.74, 6) is -0.179. The van der Waals surface area contributed by atoms with Gasteiger partial charge in [0.25, 0.3) is 11.1 Å². The Morgan fingerprint density at radius 2 is 1.92 bits per heavy atom. The smallest absolute Gasteiger partial charge is 0.293 e. The van der Waals surface area contributed by atoms with E-state index in [-0.39, 0.29) is 28.9 Å². The lowest BCUT2D eigenvalue weighted by atomic mass is 10.1. The molecule has 1 saturated heterocycles. The Morgan fingerprint density at radius 1 is 1.11 bits per heavy atom.